The summed E-state index contributed by atoms with van der Waals surface area (Å²) in [5, 5.41) is 18.9. The first kappa shape index (κ1) is 13.1. The van der Waals surface area contributed by atoms with Crippen LogP contribution in [0.25, 0.3) is 0 Å². The van der Waals surface area contributed by atoms with Gasteiger partial charge in [0.15, 0.2) is 5.78 Å². The molecule has 0 fully saturated rings. The van der Waals surface area contributed by atoms with E-state index in [-0.39, 0.29) is 35.2 Å². The fourth-order valence-electron chi connectivity index (χ4n) is 1.35. The van der Waals surface area contributed by atoms with Crippen molar-refractivity contribution in [3.05, 3.63) is 29.3 Å². The summed E-state index contributed by atoms with van der Waals surface area (Å²) in [5.41, 5.74) is 1.17. The molecule has 0 aliphatic rings. The molecule has 0 aromatic heterocycles. The largest absolute Gasteiger partial charge is 0.508 e. The van der Waals surface area contributed by atoms with Gasteiger partial charge in [0.05, 0.1) is 0 Å². The number of hydrogen-bond acceptors (Lipinski definition) is 4. The number of aromatic hydroxyl groups is 2. The lowest BCUT2D eigenvalue weighted by Gasteiger charge is -2.10. The second kappa shape index (κ2) is 5.39. The molecule has 1 rings (SSSR count). The van der Waals surface area contributed by atoms with E-state index in [2.05, 4.69) is 0 Å². The Kier molecular flexibility index (Phi) is 4.15. The van der Waals surface area contributed by atoms with Crippen molar-refractivity contribution in [1.82, 2.24) is 0 Å². The van der Waals surface area contributed by atoms with E-state index in [1.807, 2.05) is 19.9 Å². The van der Waals surface area contributed by atoms with E-state index in [4.69, 9.17) is 4.74 Å². The van der Waals surface area contributed by atoms with Crippen LogP contribution in [0, 0.1) is 0 Å². The average Bonchev–Trinajstić information content (AvgIpc) is 2.14. The number of ether oxygens (including phenoxy) is 1. The number of ketones is 1. The van der Waals surface area contributed by atoms with Crippen molar-refractivity contribution >= 4 is 5.78 Å². The Morgan fingerprint density at radius 1 is 1.29 bits per heavy atom. The monoisotopic (exact) mass is 236 g/mol. The zero-order valence-corrected chi connectivity index (χ0v) is 10.2. The minimum absolute atomic E-state index is 0.0879. The molecule has 92 valence electrons. The van der Waals surface area contributed by atoms with Crippen LogP contribution in [0.2, 0.25) is 0 Å². The summed E-state index contributed by atoms with van der Waals surface area (Å²) < 4.78 is 5.35. The van der Waals surface area contributed by atoms with E-state index < -0.39 is 0 Å². The molecule has 0 saturated heterocycles. The number of hydrogen-bond donors (Lipinski definition) is 2. The van der Waals surface area contributed by atoms with Gasteiger partial charge in [-0.2, -0.15) is 0 Å². The van der Waals surface area contributed by atoms with Crippen LogP contribution in [-0.2, 0) is 0 Å². The summed E-state index contributed by atoms with van der Waals surface area (Å²) >= 11 is 0. The van der Waals surface area contributed by atoms with Gasteiger partial charge in [0.25, 0.3) is 0 Å². The Balaban J connectivity index is 3.04. The molecule has 2 N–H and O–H groups in total. The summed E-state index contributed by atoms with van der Waals surface area (Å²) in [6, 6.07) is 2.43. The fourth-order valence-corrected chi connectivity index (χ4v) is 1.35. The van der Waals surface area contributed by atoms with Crippen LogP contribution < -0.4 is 4.74 Å². The first-order valence-electron chi connectivity index (χ1n) is 5.25. The number of Topliss-reactive ketones (excluding diaryl/α,β-unsaturated/α-hetero) is 1. The van der Waals surface area contributed by atoms with Gasteiger partial charge in [-0.3, -0.25) is 4.79 Å². The second-order valence-corrected chi connectivity index (χ2v) is 3.99. The van der Waals surface area contributed by atoms with Gasteiger partial charge in [0.1, 0.15) is 29.4 Å². The van der Waals surface area contributed by atoms with E-state index in [1.54, 1.807) is 0 Å². The predicted molar refractivity (Wildman–Crippen MR) is 64.7 cm³/mol. The molecule has 0 bridgehead atoms. The van der Waals surface area contributed by atoms with Crippen LogP contribution >= 0.6 is 0 Å². The molecule has 0 aliphatic heterocycles. The lowest BCUT2D eigenvalue weighted by Crippen LogP contribution is -2.02. The van der Waals surface area contributed by atoms with Crippen LogP contribution in [0.1, 0.15) is 31.1 Å². The van der Waals surface area contributed by atoms with Crippen LogP contribution in [-0.4, -0.2) is 22.6 Å². The van der Waals surface area contributed by atoms with E-state index >= 15 is 0 Å². The third-order valence-corrected chi connectivity index (χ3v) is 2.15. The predicted octanol–water partition coefficient (Wildman–Crippen LogP) is 2.65. The topological polar surface area (TPSA) is 66.8 Å². The van der Waals surface area contributed by atoms with Gasteiger partial charge in [0, 0.05) is 12.1 Å². The lowest BCUT2D eigenvalue weighted by atomic mass is 10.1. The zero-order chi connectivity index (χ0) is 13.0. The summed E-state index contributed by atoms with van der Waals surface area (Å²) in [6.07, 6.45) is 1.84. The number of phenols is 2. The van der Waals surface area contributed by atoms with Crippen LogP contribution in [0.4, 0.5) is 0 Å². The maximum atomic E-state index is 11.4. The standard InChI is InChI=1S/C13H16O4/c1-8(2)4-5-17-12-7-10(15)6-11(16)13(12)9(3)14/h4,6-7,15-16H,5H2,1-3H3. The number of rotatable bonds is 4. The molecule has 1 aromatic rings. The molecule has 0 spiro atoms. The number of allylic oxidation sites excluding steroid dienone is 1. The summed E-state index contributed by atoms with van der Waals surface area (Å²) in [5.74, 6) is -0.536. The highest BCUT2D eigenvalue weighted by molar-refractivity contribution is 5.99. The molecule has 1 aromatic carbocycles. The van der Waals surface area contributed by atoms with Gasteiger partial charge >= 0.3 is 0 Å². The maximum absolute atomic E-state index is 11.4. The average molecular weight is 236 g/mol. The van der Waals surface area contributed by atoms with Crippen LogP contribution in [0.3, 0.4) is 0 Å². The molecule has 0 heterocycles. The van der Waals surface area contributed by atoms with Gasteiger partial charge in [-0.25, -0.2) is 0 Å². The van der Waals surface area contributed by atoms with E-state index in [9.17, 15) is 15.0 Å². The maximum Gasteiger partial charge on any atom is 0.167 e. The Hall–Kier alpha value is -1.97. The van der Waals surface area contributed by atoms with Gasteiger partial charge in [-0.15, -0.1) is 0 Å². The number of carbonyl (C=O) groups excluding carboxylic acids is 1. The van der Waals surface area contributed by atoms with E-state index in [0.717, 1.165) is 11.6 Å². The van der Waals surface area contributed by atoms with Crippen molar-refractivity contribution in [3.8, 4) is 17.2 Å². The molecule has 4 nitrogen and oxygen atoms in total. The quantitative estimate of drug-likeness (QED) is 0.623. The molecule has 0 radical (unpaired) electrons. The zero-order valence-electron chi connectivity index (χ0n) is 10.2. The first-order chi connectivity index (χ1) is 7.91. The third-order valence-electron chi connectivity index (χ3n) is 2.15. The summed E-state index contributed by atoms with van der Waals surface area (Å²) in [6.45, 7) is 5.47. The van der Waals surface area contributed by atoms with Crippen LogP contribution in [0.5, 0.6) is 17.2 Å². The molecule has 17 heavy (non-hydrogen) atoms. The summed E-state index contributed by atoms with van der Waals surface area (Å²) in [7, 11) is 0. The Morgan fingerprint density at radius 3 is 2.47 bits per heavy atom. The van der Waals surface area contributed by atoms with Crippen molar-refractivity contribution in [3.63, 3.8) is 0 Å². The Labute approximate surface area is 100 Å². The highest BCUT2D eigenvalue weighted by atomic mass is 16.5. The van der Waals surface area contributed by atoms with Crippen molar-refractivity contribution in [2.24, 2.45) is 0 Å². The SMILES string of the molecule is CC(=O)c1c(O)cc(O)cc1OCC=C(C)C. The van der Waals surface area contributed by atoms with Gasteiger partial charge in [-0.1, -0.05) is 5.57 Å². The Morgan fingerprint density at radius 2 is 1.94 bits per heavy atom. The molecule has 0 aliphatic carbocycles. The van der Waals surface area contributed by atoms with Crippen molar-refractivity contribution < 1.29 is 19.7 Å². The lowest BCUT2D eigenvalue weighted by molar-refractivity contribution is 0.101. The van der Waals surface area contributed by atoms with Crippen molar-refractivity contribution in [2.45, 2.75) is 20.8 Å². The van der Waals surface area contributed by atoms with E-state index in [1.165, 1.54) is 13.0 Å². The molecule has 0 amide bonds. The second-order valence-electron chi connectivity index (χ2n) is 3.99. The number of phenolic OH excluding ortho intramolecular Hbond substituents is 2. The molecule has 0 saturated carbocycles. The smallest absolute Gasteiger partial charge is 0.167 e. The van der Waals surface area contributed by atoms with Crippen molar-refractivity contribution in [2.75, 3.05) is 6.61 Å². The van der Waals surface area contributed by atoms with Crippen LogP contribution in [0.15, 0.2) is 23.8 Å². The summed E-state index contributed by atoms with van der Waals surface area (Å²) in [4.78, 5) is 11.4. The highest BCUT2D eigenvalue weighted by Gasteiger charge is 2.15. The van der Waals surface area contributed by atoms with Gasteiger partial charge < -0.3 is 14.9 Å². The van der Waals surface area contributed by atoms with Crippen molar-refractivity contribution in [1.29, 1.82) is 0 Å². The van der Waals surface area contributed by atoms with E-state index in [0.29, 0.717) is 0 Å². The highest BCUT2D eigenvalue weighted by Crippen LogP contribution is 2.33. The molecular formula is C13H16O4. The fraction of sp³-hybridized carbons (Fsp3) is 0.308. The third kappa shape index (κ3) is 3.52. The molecule has 0 atom stereocenters. The molecule has 4 heteroatoms. The molecule has 0 unspecified atom stereocenters. The van der Waals surface area contributed by atoms with Gasteiger partial charge in [-0.05, 0) is 26.8 Å². The number of carbonyl (C=O) groups is 1. The minimum Gasteiger partial charge on any atom is -0.508 e. The molecular weight excluding hydrogens is 220 g/mol. The van der Waals surface area contributed by atoms with Gasteiger partial charge in [0.2, 0.25) is 0 Å². The Bertz CT molecular complexity index is 457. The minimum atomic E-state index is -0.310. The normalized spacial score (nSPS) is 9.82. The first-order valence-corrected chi connectivity index (χ1v) is 5.25. The number of benzene rings is 1.